The third-order valence-corrected chi connectivity index (χ3v) is 3.83. The number of carboxylic acid groups (broad SMARTS) is 1. The third-order valence-electron chi connectivity index (χ3n) is 3.11. The first-order chi connectivity index (χ1) is 8.41. The molecule has 0 saturated heterocycles. The Morgan fingerprint density at radius 2 is 2.00 bits per heavy atom. The molecule has 2 rings (SSSR count). The van der Waals surface area contributed by atoms with E-state index in [-0.39, 0.29) is 17.9 Å². The van der Waals surface area contributed by atoms with E-state index in [9.17, 15) is 18.0 Å². The second-order valence-corrected chi connectivity index (χ2v) is 5.22. The van der Waals surface area contributed by atoms with Gasteiger partial charge in [0.25, 0.3) is 0 Å². The fourth-order valence-electron chi connectivity index (χ4n) is 2.11. The van der Waals surface area contributed by atoms with Crippen LogP contribution in [-0.2, 0) is 4.79 Å². The Hall–Kier alpha value is -1.04. The number of rotatable bonds is 4. The fraction of sp³-hybridized carbons (Fsp3) is 0.417. The first-order valence-corrected chi connectivity index (χ1v) is 6.25. The van der Waals surface area contributed by atoms with Crippen molar-refractivity contribution in [2.75, 3.05) is 0 Å². The lowest BCUT2D eigenvalue weighted by atomic mass is 9.90. The molecular weight excluding hydrogens is 313 g/mol. The summed E-state index contributed by atoms with van der Waals surface area (Å²) in [7, 11) is 0. The van der Waals surface area contributed by atoms with Gasteiger partial charge >= 0.3 is 5.97 Å². The average Bonchev–Trinajstić information content (AvgIpc) is 3.08. The highest BCUT2D eigenvalue weighted by Crippen LogP contribution is 2.46. The zero-order valence-corrected chi connectivity index (χ0v) is 10.8. The van der Waals surface area contributed by atoms with Crippen LogP contribution in [0.3, 0.4) is 0 Å². The predicted molar refractivity (Wildman–Crippen MR) is 61.7 cm³/mol. The molecule has 0 aliphatic heterocycles. The number of halogens is 4. The van der Waals surface area contributed by atoms with Crippen molar-refractivity contribution >= 4 is 21.9 Å². The van der Waals surface area contributed by atoms with Crippen LogP contribution in [0.4, 0.5) is 13.2 Å². The maximum Gasteiger partial charge on any atom is 0.303 e. The maximum absolute atomic E-state index is 13.9. The highest BCUT2D eigenvalue weighted by atomic mass is 79.9. The van der Waals surface area contributed by atoms with Crippen LogP contribution >= 0.6 is 15.9 Å². The van der Waals surface area contributed by atoms with Gasteiger partial charge in [0.1, 0.15) is 17.5 Å². The summed E-state index contributed by atoms with van der Waals surface area (Å²) in [6, 6.07) is 0.583. The first-order valence-electron chi connectivity index (χ1n) is 5.46. The summed E-state index contributed by atoms with van der Waals surface area (Å²) >= 11 is 2.70. The Bertz CT molecular complexity index is 501. The van der Waals surface area contributed by atoms with Crippen molar-refractivity contribution in [2.24, 2.45) is 5.92 Å². The van der Waals surface area contributed by atoms with E-state index in [0.717, 1.165) is 12.8 Å². The van der Waals surface area contributed by atoms with E-state index in [1.54, 1.807) is 0 Å². The molecule has 0 amide bonds. The SMILES string of the molecule is O=C(O)CC(c1c(F)cc(F)c(Br)c1F)C1CC1. The summed E-state index contributed by atoms with van der Waals surface area (Å²) in [5.74, 6) is -4.98. The third kappa shape index (κ3) is 2.53. The number of carboxylic acids is 1. The number of benzene rings is 1. The molecule has 0 radical (unpaired) electrons. The van der Waals surface area contributed by atoms with Crippen LogP contribution in [0.25, 0.3) is 0 Å². The van der Waals surface area contributed by atoms with Crippen LogP contribution in [0.1, 0.15) is 30.7 Å². The zero-order chi connectivity index (χ0) is 13.4. The number of hydrogen-bond acceptors (Lipinski definition) is 1. The molecule has 98 valence electrons. The van der Waals surface area contributed by atoms with Gasteiger partial charge in [-0.15, -0.1) is 0 Å². The Kier molecular flexibility index (Phi) is 3.66. The molecule has 0 bridgehead atoms. The van der Waals surface area contributed by atoms with Crippen LogP contribution in [-0.4, -0.2) is 11.1 Å². The minimum Gasteiger partial charge on any atom is -0.481 e. The normalized spacial score (nSPS) is 16.7. The van der Waals surface area contributed by atoms with Crippen molar-refractivity contribution in [1.29, 1.82) is 0 Å². The molecule has 1 N–H and O–H groups in total. The van der Waals surface area contributed by atoms with E-state index in [2.05, 4.69) is 15.9 Å². The minimum atomic E-state index is -1.12. The molecule has 1 aliphatic rings. The second-order valence-electron chi connectivity index (χ2n) is 4.42. The van der Waals surface area contributed by atoms with Gasteiger partial charge in [0.15, 0.2) is 0 Å². The number of carbonyl (C=O) groups is 1. The van der Waals surface area contributed by atoms with Crippen LogP contribution < -0.4 is 0 Å². The Morgan fingerprint density at radius 3 is 2.50 bits per heavy atom. The lowest BCUT2D eigenvalue weighted by molar-refractivity contribution is -0.137. The van der Waals surface area contributed by atoms with Crippen molar-refractivity contribution in [3.05, 3.63) is 33.6 Å². The minimum absolute atomic E-state index is 0.0394. The van der Waals surface area contributed by atoms with Crippen LogP contribution in [0.2, 0.25) is 0 Å². The molecule has 18 heavy (non-hydrogen) atoms. The highest BCUT2D eigenvalue weighted by molar-refractivity contribution is 9.10. The highest BCUT2D eigenvalue weighted by Gasteiger charge is 2.37. The molecule has 0 aromatic heterocycles. The molecule has 0 spiro atoms. The summed E-state index contributed by atoms with van der Waals surface area (Å²) in [6.45, 7) is 0. The molecule has 1 fully saturated rings. The van der Waals surface area contributed by atoms with Crippen LogP contribution in [0.15, 0.2) is 10.5 Å². The molecule has 1 aliphatic carbocycles. The standard InChI is InChI=1S/C12H10BrF3O2/c13-11-8(15)4-7(14)10(12(11)16)6(3-9(17)18)5-1-2-5/h4-6H,1-3H2,(H,17,18). The van der Waals surface area contributed by atoms with Gasteiger partial charge in [0, 0.05) is 17.5 Å². The Labute approximate surface area is 110 Å². The predicted octanol–water partition coefficient (Wildman–Crippen LogP) is 3.83. The molecule has 1 aromatic carbocycles. The van der Waals surface area contributed by atoms with Gasteiger partial charge in [-0.3, -0.25) is 4.79 Å². The van der Waals surface area contributed by atoms with E-state index in [1.165, 1.54) is 0 Å². The molecule has 1 unspecified atom stereocenters. The molecule has 0 heterocycles. The lowest BCUT2D eigenvalue weighted by Gasteiger charge is -2.17. The summed E-state index contributed by atoms with van der Waals surface area (Å²) in [5.41, 5.74) is -0.326. The smallest absolute Gasteiger partial charge is 0.303 e. The van der Waals surface area contributed by atoms with Crippen LogP contribution in [0.5, 0.6) is 0 Å². The Balaban J connectivity index is 2.47. The fourth-order valence-corrected chi connectivity index (χ4v) is 2.44. The van der Waals surface area contributed by atoms with E-state index in [0.29, 0.717) is 6.07 Å². The van der Waals surface area contributed by atoms with E-state index >= 15 is 0 Å². The quantitative estimate of drug-likeness (QED) is 0.675. The Morgan fingerprint density at radius 1 is 1.39 bits per heavy atom. The number of hydrogen-bond donors (Lipinski definition) is 1. The molecular formula is C12H10BrF3O2. The van der Waals surface area contributed by atoms with Gasteiger partial charge in [-0.2, -0.15) is 0 Å². The first kappa shape index (κ1) is 13.4. The van der Waals surface area contributed by atoms with Crippen molar-refractivity contribution in [2.45, 2.75) is 25.2 Å². The van der Waals surface area contributed by atoms with Gasteiger partial charge in [0.05, 0.1) is 10.9 Å². The van der Waals surface area contributed by atoms with Gasteiger partial charge in [-0.05, 0) is 34.7 Å². The molecule has 1 aromatic rings. The van der Waals surface area contributed by atoms with E-state index in [4.69, 9.17) is 5.11 Å². The molecule has 6 heteroatoms. The van der Waals surface area contributed by atoms with Gasteiger partial charge in [0.2, 0.25) is 0 Å². The second kappa shape index (κ2) is 4.91. The summed E-state index contributed by atoms with van der Waals surface area (Å²) in [5, 5.41) is 8.80. The van der Waals surface area contributed by atoms with Crippen molar-refractivity contribution in [3.63, 3.8) is 0 Å². The lowest BCUT2D eigenvalue weighted by Crippen LogP contribution is -2.13. The van der Waals surface area contributed by atoms with Gasteiger partial charge < -0.3 is 5.11 Å². The molecule has 2 nitrogen and oxygen atoms in total. The zero-order valence-electron chi connectivity index (χ0n) is 9.22. The van der Waals surface area contributed by atoms with E-state index < -0.39 is 33.8 Å². The van der Waals surface area contributed by atoms with Crippen molar-refractivity contribution in [3.8, 4) is 0 Å². The van der Waals surface area contributed by atoms with Crippen molar-refractivity contribution < 1.29 is 23.1 Å². The molecule has 1 atom stereocenters. The largest absolute Gasteiger partial charge is 0.481 e. The summed E-state index contributed by atoms with van der Waals surface area (Å²) in [6.07, 6.45) is 1.13. The monoisotopic (exact) mass is 322 g/mol. The summed E-state index contributed by atoms with van der Waals surface area (Å²) in [4.78, 5) is 10.8. The maximum atomic E-state index is 13.9. The molecule has 1 saturated carbocycles. The number of aliphatic carboxylic acids is 1. The van der Waals surface area contributed by atoms with Crippen LogP contribution in [0, 0.1) is 23.4 Å². The van der Waals surface area contributed by atoms with Crippen molar-refractivity contribution in [1.82, 2.24) is 0 Å². The topological polar surface area (TPSA) is 37.3 Å². The van der Waals surface area contributed by atoms with Gasteiger partial charge in [-0.25, -0.2) is 13.2 Å². The summed E-state index contributed by atoms with van der Waals surface area (Å²) < 4.78 is 40.2. The van der Waals surface area contributed by atoms with E-state index in [1.807, 2.05) is 0 Å². The average molecular weight is 323 g/mol. The van der Waals surface area contributed by atoms with Gasteiger partial charge in [-0.1, -0.05) is 0 Å².